The van der Waals surface area contributed by atoms with Gasteiger partial charge in [-0.3, -0.25) is 4.68 Å². The van der Waals surface area contributed by atoms with Crippen LogP contribution in [0, 0.1) is 0 Å². The van der Waals surface area contributed by atoms with E-state index in [4.69, 9.17) is 22.1 Å². The Labute approximate surface area is 127 Å². The van der Waals surface area contributed by atoms with Crippen LogP contribution in [-0.4, -0.2) is 39.9 Å². The summed E-state index contributed by atoms with van der Waals surface area (Å²) >= 11 is 6.19. The third kappa shape index (κ3) is 2.87. The molecular formula is C13H17ClN6O. The molecule has 2 N–H and O–H groups in total. The second kappa shape index (κ2) is 5.77. The van der Waals surface area contributed by atoms with Gasteiger partial charge in [0.25, 0.3) is 0 Å². The van der Waals surface area contributed by atoms with Gasteiger partial charge in [-0.15, -0.1) is 0 Å². The lowest BCUT2D eigenvalue weighted by atomic mass is 10.1. The predicted octanol–water partition coefficient (Wildman–Crippen LogP) is 1.76. The molecule has 21 heavy (non-hydrogen) atoms. The van der Waals surface area contributed by atoms with Crippen molar-refractivity contribution in [3.8, 4) is 6.01 Å². The molecule has 8 heteroatoms. The highest BCUT2D eigenvalue weighted by atomic mass is 35.5. The first-order valence-corrected chi connectivity index (χ1v) is 7.17. The summed E-state index contributed by atoms with van der Waals surface area (Å²) in [5, 5.41) is 4.82. The molecule has 2 aromatic heterocycles. The molecule has 1 fully saturated rings. The molecule has 112 valence electrons. The van der Waals surface area contributed by atoms with Gasteiger partial charge in [-0.25, -0.2) is 4.98 Å². The van der Waals surface area contributed by atoms with E-state index in [9.17, 15) is 0 Å². The zero-order valence-corrected chi connectivity index (χ0v) is 12.5. The number of methoxy groups -OCH3 is 1. The van der Waals surface area contributed by atoms with Crippen LogP contribution in [0.2, 0.25) is 5.02 Å². The normalized spacial score (nSPS) is 16.2. The largest absolute Gasteiger partial charge is 0.467 e. The van der Waals surface area contributed by atoms with Crippen molar-refractivity contribution in [2.75, 3.05) is 30.8 Å². The minimum Gasteiger partial charge on any atom is -0.467 e. The van der Waals surface area contributed by atoms with Gasteiger partial charge in [-0.2, -0.15) is 10.1 Å². The molecule has 0 radical (unpaired) electrons. The van der Waals surface area contributed by atoms with E-state index in [0.29, 0.717) is 22.9 Å². The first-order valence-electron chi connectivity index (χ1n) is 6.79. The van der Waals surface area contributed by atoms with Crippen LogP contribution in [0.1, 0.15) is 18.9 Å². The quantitative estimate of drug-likeness (QED) is 0.930. The molecule has 0 aromatic carbocycles. The first-order chi connectivity index (χ1) is 10.2. The van der Waals surface area contributed by atoms with Crippen LogP contribution >= 0.6 is 11.6 Å². The maximum absolute atomic E-state index is 6.19. The van der Waals surface area contributed by atoms with Crippen molar-refractivity contribution in [3.63, 3.8) is 0 Å². The molecule has 1 aliphatic rings. The highest BCUT2D eigenvalue weighted by molar-refractivity contribution is 6.32. The van der Waals surface area contributed by atoms with Gasteiger partial charge in [0, 0.05) is 19.3 Å². The van der Waals surface area contributed by atoms with Crippen molar-refractivity contribution < 1.29 is 4.74 Å². The lowest BCUT2D eigenvalue weighted by Gasteiger charge is -2.33. The zero-order chi connectivity index (χ0) is 14.8. The smallest absolute Gasteiger partial charge is 0.318 e. The number of nitrogens with two attached hydrogens (primary N) is 1. The summed E-state index contributed by atoms with van der Waals surface area (Å²) in [4.78, 5) is 10.5. The zero-order valence-electron chi connectivity index (χ0n) is 11.7. The van der Waals surface area contributed by atoms with Crippen LogP contribution in [-0.2, 0) is 0 Å². The number of ether oxygens (including phenoxy) is 1. The molecular weight excluding hydrogens is 292 g/mol. The minimum absolute atomic E-state index is 0.330. The second-order valence-electron chi connectivity index (χ2n) is 4.97. The Morgan fingerprint density at radius 1 is 1.38 bits per heavy atom. The second-order valence-corrected chi connectivity index (χ2v) is 5.37. The summed E-state index contributed by atoms with van der Waals surface area (Å²) in [7, 11) is 1.54. The number of halogens is 1. The Morgan fingerprint density at radius 3 is 2.76 bits per heavy atom. The maximum atomic E-state index is 6.19. The van der Waals surface area contributed by atoms with Crippen molar-refractivity contribution in [1.82, 2.24) is 19.7 Å². The fourth-order valence-corrected chi connectivity index (χ4v) is 2.77. The number of hydrogen-bond donors (Lipinski definition) is 1. The molecule has 0 unspecified atom stereocenters. The average Bonchev–Trinajstić information content (AvgIpc) is 2.95. The molecule has 1 aliphatic heterocycles. The van der Waals surface area contributed by atoms with Gasteiger partial charge in [0.15, 0.2) is 5.82 Å². The molecule has 0 saturated carbocycles. The third-order valence-electron chi connectivity index (χ3n) is 3.65. The van der Waals surface area contributed by atoms with E-state index in [1.54, 1.807) is 13.3 Å². The number of nitrogens with zero attached hydrogens (tertiary/aromatic N) is 5. The monoisotopic (exact) mass is 308 g/mol. The standard InChI is InChI=1S/C13H17ClN6O/c1-21-13-16-8-10(14)12(17-13)19-5-2-9(3-6-19)20-7-4-11(15)18-20/h4,7-9H,2-3,5-6H2,1H3,(H2,15,18). The Morgan fingerprint density at radius 2 is 2.14 bits per heavy atom. The molecule has 0 aliphatic carbocycles. The summed E-state index contributed by atoms with van der Waals surface area (Å²) in [5.74, 6) is 1.28. The van der Waals surface area contributed by atoms with Crippen molar-refractivity contribution >= 4 is 23.2 Å². The van der Waals surface area contributed by atoms with E-state index in [1.165, 1.54) is 0 Å². The number of piperidine rings is 1. The predicted molar refractivity (Wildman–Crippen MR) is 80.7 cm³/mol. The Bertz CT molecular complexity index is 623. The van der Waals surface area contributed by atoms with Crippen LogP contribution in [0.3, 0.4) is 0 Å². The van der Waals surface area contributed by atoms with E-state index in [0.717, 1.165) is 31.7 Å². The van der Waals surface area contributed by atoms with Gasteiger partial charge in [0.1, 0.15) is 10.8 Å². The number of nitrogen functional groups attached to an aromatic ring is 1. The summed E-state index contributed by atoms with van der Waals surface area (Å²) in [6, 6.07) is 2.51. The van der Waals surface area contributed by atoms with E-state index < -0.39 is 0 Å². The van der Waals surface area contributed by atoms with Crippen LogP contribution < -0.4 is 15.4 Å². The first kappa shape index (κ1) is 13.9. The molecule has 7 nitrogen and oxygen atoms in total. The highest BCUT2D eigenvalue weighted by Crippen LogP contribution is 2.30. The van der Waals surface area contributed by atoms with Gasteiger partial charge >= 0.3 is 6.01 Å². The molecule has 2 aromatic rings. The van der Waals surface area contributed by atoms with Gasteiger partial charge in [-0.1, -0.05) is 11.6 Å². The van der Waals surface area contributed by atoms with Crippen LogP contribution in [0.4, 0.5) is 11.6 Å². The fraction of sp³-hybridized carbons (Fsp3) is 0.462. The van der Waals surface area contributed by atoms with Crippen molar-refractivity contribution in [1.29, 1.82) is 0 Å². The molecule has 3 rings (SSSR count). The lowest BCUT2D eigenvalue weighted by molar-refractivity contribution is 0.362. The number of rotatable bonds is 3. The Balaban J connectivity index is 1.71. The number of anilines is 2. The average molecular weight is 309 g/mol. The summed E-state index contributed by atoms with van der Waals surface area (Å²) in [6.45, 7) is 1.70. The van der Waals surface area contributed by atoms with Crippen LogP contribution in [0.5, 0.6) is 6.01 Å². The lowest BCUT2D eigenvalue weighted by Crippen LogP contribution is -2.35. The van der Waals surface area contributed by atoms with Crippen molar-refractivity contribution in [2.45, 2.75) is 18.9 Å². The molecule has 0 amide bonds. The Kier molecular flexibility index (Phi) is 3.83. The van der Waals surface area contributed by atoms with Gasteiger partial charge in [0.2, 0.25) is 0 Å². The van der Waals surface area contributed by atoms with E-state index in [-0.39, 0.29) is 0 Å². The molecule has 3 heterocycles. The van der Waals surface area contributed by atoms with Crippen LogP contribution in [0.25, 0.3) is 0 Å². The van der Waals surface area contributed by atoms with Gasteiger partial charge in [0.05, 0.1) is 19.3 Å². The van der Waals surface area contributed by atoms with Crippen molar-refractivity contribution in [2.24, 2.45) is 0 Å². The topological polar surface area (TPSA) is 82.1 Å². The number of aromatic nitrogens is 4. The van der Waals surface area contributed by atoms with Gasteiger partial charge < -0.3 is 15.4 Å². The molecule has 0 atom stereocenters. The number of hydrogen-bond acceptors (Lipinski definition) is 6. The Hall–Kier alpha value is -2.02. The van der Waals surface area contributed by atoms with E-state index in [1.807, 2.05) is 16.9 Å². The molecule has 1 saturated heterocycles. The minimum atomic E-state index is 0.330. The van der Waals surface area contributed by atoms with Crippen molar-refractivity contribution in [3.05, 3.63) is 23.5 Å². The molecule has 0 spiro atoms. The van der Waals surface area contributed by atoms with Crippen LogP contribution in [0.15, 0.2) is 18.5 Å². The summed E-state index contributed by atoms with van der Waals surface area (Å²) < 4.78 is 7.00. The summed E-state index contributed by atoms with van der Waals surface area (Å²) in [5.41, 5.74) is 5.66. The van der Waals surface area contributed by atoms with Gasteiger partial charge in [-0.05, 0) is 18.9 Å². The van der Waals surface area contributed by atoms with E-state index in [2.05, 4.69) is 20.0 Å². The fourth-order valence-electron chi connectivity index (χ4n) is 2.56. The molecule has 0 bridgehead atoms. The SMILES string of the molecule is COc1ncc(Cl)c(N2CCC(n3ccc(N)n3)CC2)n1. The summed E-state index contributed by atoms with van der Waals surface area (Å²) in [6.07, 6.45) is 5.42. The maximum Gasteiger partial charge on any atom is 0.318 e. The highest BCUT2D eigenvalue weighted by Gasteiger charge is 2.23. The van der Waals surface area contributed by atoms with E-state index >= 15 is 0 Å². The third-order valence-corrected chi connectivity index (χ3v) is 3.92.